The van der Waals surface area contributed by atoms with Crippen LogP contribution in [-0.4, -0.2) is 15.2 Å². The molecule has 0 bridgehead atoms. The number of aromatic amines is 1. The van der Waals surface area contributed by atoms with Crippen LogP contribution in [0.1, 0.15) is 23.7 Å². The Morgan fingerprint density at radius 1 is 1.30 bits per heavy atom. The fourth-order valence-corrected chi connectivity index (χ4v) is 2.80. The molecule has 2 heterocycles. The first-order valence-electron chi connectivity index (χ1n) is 6.51. The minimum absolute atomic E-state index is 0.192. The second-order valence-corrected chi connectivity index (χ2v) is 5.77. The van der Waals surface area contributed by atoms with Crippen molar-refractivity contribution in [1.82, 2.24) is 15.2 Å². The van der Waals surface area contributed by atoms with E-state index in [0.29, 0.717) is 0 Å². The number of hydrogen-bond donors (Lipinski definition) is 2. The maximum absolute atomic E-state index is 4.52. The van der Waals surface area contributed by atoms with E-state index in [2.05, 4.69) is 51.0 Å². The number of H-pyrrole nitrogens is 1. The summed E-state index contributed by atoms with van der Waals surface area (Å²) in [6.07, 6.45) is 1.76. The van der Waals surface area contributed by atoms with Crippen molar-refractivity contribution < 1.29 is 0 Å². The first-order valence-corrected chi connectivity index (χ1v) is 7.39. The molecule has 0 aliphatic heterocycles. The van der Waals surface area contributed by atoms with Gasteiger partial charge in [-0.05, 0) is 32.0 Å². The molecule has 2 N–H and O–H groups in total. The summed E-state index contributed by atoms with van der Waals surface area (Å²) in [5, 5.41) is 13.6. The molecule has 3 aromatic rings. The van der Waals surface area contributed by atoms with E-state index in [1.807, 2.05) is 19.1 Å². The SMILES string of the molecule is Cc1nc(C(C)Nc2cccc(-c3ccn[nH]3)c2)cs1. The highest BCUT2D eigenvalue weighted by Gasteiger charge is 2.09. The number of anilines is 1. The maximum Gasteiger partial charge on any atom is 0.0898 e. The van der Waals surface area contributed by atoms with E-state index in [-0.39, 0.29) is 6.04 Å². The number of rotatable bonds is 4. The molecule has 0 saturated carbocycles. The zero-order chi connectivity index (χ0) is 13.9. The Morgan fingerprint density at radius 2 is 2.20 bits per heavy atom. The Balaban J connectivity index is 1.79. The van der Waals surface area contributed by atoms with E-state index in [4.69, 9.17) is 0 Å². The topological polar surface area (TPSA) is 53.6 Å². The molecule has 102 valence electrons. The van der Waals surface area contributed by atoms with Gasteiger partial charge in [0.05, 0.1) is 22.4 Å². The van der Waals surface area contributed by atoms with E-state index in [1.54, 1.807) is 17.5 Å². The number of aromatic nitrogens is 3. The van der Waals surface area contributed by atoms with Crippen LogP contribution in [0.2, 0.25) is 0 Å². The highest BCUT2D eigenvalue weighted by atomic mass is 32.1. The molecule has 5 heteroatoms. The molecule has 0 radical (unpaired) electrons. The van der Waals surface area contributed by atoms with Gasteiger partial charge in [-0.3, -0.25) is 5.10 Å². The number of aryl methyl sites for hydroxylation is 1. The molecule has 0 spiro atoms. The summed E-state index contributed by atoms with van der Waals surface area (Å²) >= 11 is 1.68. The van der Waals surface area contributed by atoms with Crippen molar-refractivity contribution in [3.8, 4) is 11.3 Å². The van der Waals surface area contributed by atoms with E-state index in [1.165, 1.54) is 0 Å². The number of thiazole rings is 1. The lowest BCUT2D eigenvalue weighted by molar-refractivity contribution is 0.845. The zero-order valence-electron chi connectivity index (χ0n) is 11.4. The predicted octanol–water partition coefficient (Wildman–Crippen LogP) is 4.01. The van der Waals surface area contributed by atoms with E-state index in [9.17, 15) is 0 Å². The molecule has 0 aliphatic rings. The van der Waals surface area contributed by atoms with Crippen LogP contribution in [0.25, 0.3) is 11.3 Å². The predicted molar refractivity (Wildman–Crippen MR) is 82.9 cm³/mol. The second-order valence-electron chi connectivity index (χ2n) is 4.71. The largest absolute Gasteiger partial charge is 0.377 e. The van der Waals surface area contributed by atoms with Crippen LogP contribution >= 0.6 is 11.3 Å². The van der Waals surface area contributed by atoms with Gasteiger partial charge in [0.2, 0.25) is 0 Å². The van der Waals surface area contributed by atoms with Gasteiger partial charge in [-0.15, -0.1) is 11.3 Å². The average Bonchev–Trinajstić information content (AvgIpc) is 3.10. The third-order valence-corrected chi connectivity index (χ3v) is 3.93. The summed E-state index contributed by atoms with van der Waals surface area (Å²) in [5.74, 6) is 0. The summed E-state index contributed by atoms with van der Waals surface area (Å²) in [5.41, 5.74) is 4.30. The summed E-state index contributed by atoms with van der Waals surface area (Å²) in [6.45, 7) is 4.15. The Labute approximate surface area is 121 Å². The average molecular weight is 284 g/mol. The van der Waals surface area contributed by atoms with Crippen LogP contribution in [0.15, 0.2) is 41.9 Å². The van der Waals surface area contributed by atoms with E-state index < -0.39 is 0 Å². The van der Waals surface area contributed by atoms with Gasteiger partial charge in [0.15, 0.2) is 0 Å². The molecule has 0 aliphatic carbocycles. The first-order chi connectivity index (χ1) is 9.72. The molecule has 1 aromatic carbocycles. The normalized spacial score (nSPS) is 12.3. The second kappa shape index (κ2) is 5.46. The van der Waals surface area contributed by atoms with Crippen LogP contribution in [-0.2, 0) is 0 Å². The Morgan fingerprint density at radius 3 is 2.90 bits per heavy atom. The lowest BCUT2D eigenvalue weighted by atomic mass is 10.1. The van der Waals surface area contributed by atoms with Crippen LogP contribution in [0.4, 0.5) is 5.69 Å². The fourth-order valence-electron chi connectivity index (χ4n) is 2.10. The van der Waals surface area contributed by atoms with Gasteiger partial charge in [-0.2, -0.15) is 5.10 Å². The molecule has 1 atom stereocenters. The number of benzene rings is 1. The van der Waals surface area contributed by atoms with Crippen molar-refractivity contribution >= 4 is 17.0 Å². The summed E-state index contributed by atoms with van der Waals surface area (Å²) in [6, 6.07) is 10.4. The molecule has 20 heavy (non-hydrogen) atoms. The van der Waals surface area contributed by atoms with Crippen LogP contribution in [0.5, 0.6) is 0 Å². The smallest absolute Gasteiger partial charge is 0.0898 e. The standard InChI is InChI=1S/C15H16N4S/c1-10(15-9-20-11(2)18-15)17-13-5-3-4-12(8-13)14-6-7-16-19-14/h3-10,17H,1-2H3,(H,16,19). The Bertz CT molecular complexity index is 687. The van der Waals surface area contributed by atoms with Gasteiger partial charge in [0, 0.05) is 22.8 Å². The Kier molecular flexibility index (Phi) is 3.52. The van der Waals surface area contributed by atoms with Crippen molar-refractivity contribution in [3.05, 3.63) is 52.6 Å². The van der Waals surface area contributed by atoms with Crippen molar-refractivity contribution in [1.29, 1.82) is 0 Å². The highest BCUT2D eigenvalue weighted by Crippen LogP contribution is 2.24. The number of hydrogen-bond acceptors (Lipinski definition) is 4. The van der Waals surface area contributed by atoms with Crippen LogP contribution < -0.4 is 5.32 Å². The zero-order valence-corrected chi connectivity index (χ0v) is 12.2. The minimum Gasteiger partial charge on any atom is -0.377 e. The Hall–Kier alpha value is -2.14. The van der Waals surface area contributed by atoms with Crippen molar-refractivity contribution in [2.45, 2.75) is 19.9 Å². The molecule has 1 unspecified atom stereocenters. The van der Waals surface area contributed by atoms with Gasteiger partial charge in [0.1, 0.15) is 0 Å². The summed E-state index contributed by atoms with van der Waals surface area (Å²) in [4.78, 5) is 4.52. The molecular weight excluding hydrogens is 268 g/mol. The molecule has 0 amide bonds. The number of nitrogens with zero attached hydrogens (tertiary/aromatic N) is 2. The molecule has 0 saturated heterocycles. The van der Waals surface area contributed by atoms with E-state index in [0.717, 1.165) is 27.6 Å². The third kappa shape index (κ3) is 2.72. The molecule has 0 fully saturated rings. The third-order valence-electron chi connectivity index (χ3n) is 3.14. The van der Waals surface area contributed by atoms with Gasteiger partial charge in [-0.25, -0.2) is 4.98 Å². The monoisotopic (exact) mass is 284 g/mol. The maximum atomic E-state index is 4.52. The molecule has 2 aromatic heterocycles. The molecule has 4 nitrogen and oxygen atoms in total. The molecule has 3 rings (SSSR count). The summed E-state index contributed by atoms with van der Waals surface area (Å²) < 4.78 is 0. The van der Waals surface area contributed by atoms with Crippen molar-refractivity contribution in [2.75, 3.05) is 5.32 Å². The highest BCUT2D eigenvalue weighted by molar-refractivity contribution is 7.09. The quantitative estimate of drug-likeness (QED) is 0.761. The minimum atomic E-state index is 0.192. The van der Waals surface area contributed by atoms with Crippen molar-refractivity contribution in [3.63, 3.8) is 0 Å². The van der Waals surface area contributed by atoms with Crippen LogP contribution in [0, 0.1) is 6.92 Å². The lowest BCUT2D eigenvalue weighted by Crippen LogP contribution is -2.07. The fraction of sp³-hybridized carbons (Fsp3) is 0.200. The lowest BCUT2D eigenvalue weighted by Gasteiger charge is -2.13. The van der Waals surface area contributed by atoms with Crippen LogP contribution in [0.3, 0.4) is 0 Å². The van der Waals surface area contributed by atoms with Gasteiger partial charge >= 0.3 is 0 Å². The molecular formula is C15H16N4S. The van der Waals surface area contributed by atoms with Gasteiger partial charge in [-0.1, -0.05) is 12.1 Å². The first kappa shape index (κ1) is 12.9. The van der Waals surface area contributed by atoms with Gasteiger partial charge in [0.25, 0.3) is 0 Å². The van der Waals surface area contributed by atoms with E-state index >= 15 is 0 Å². The summed E-state index contributed by atoms with van der Waals surface area (Å²) in [7, 11) is 0. The van der Waals surface area contributed by atoms with Crippen molar-refractivity contribution in [2.24, 2.45) is 0 Å². The number of nitrogens with one attached hydrogen (secondary N) is 2. The van der Waals surface area contributed by atoms with Gasteiger partial charge < -0.3 is 5.32 Å².